The van der Waals surface area contributed by atoms with Gasteiger partial charge >= 0.3 is 0 Å². The van der Waals surface area contributed by atoms with Crippen LogP contribution in [0, 0.1) is 11.8 Å². The molecule has 3 aliphatic rings. The van der Waals surface area contributed by atoms with E-state index in [4.69, 9.17) is 4.74 Å². The number of aliphatic hydroxyl groups excluding tert-OH is 2. The van der Waals surface area contributed by atoms with E-state index in [2.05, 4.69) is 27.0 Å². The topological polar surface area (TPSA) is 101 Å². The van der Waals surface area contributed by atoms with Crippen LogP contribution in [-0.4, -0.2) is 94.5 Å². The molecular formula is C28H42N4O4. The Hall–Kier alpha value is -2.13. The minimum atomic E-state index is -0.674. The first-order valence-electron chi connectivity index (χ1n) is 13.8. The van der Waals surface area contributed by atoms with E-state index in [1.54, 1.807) is 0 Å². The first-order chi connectivity index (χ1) is 17.4. The summed E-state index contributed by atoms with van der Waals surface area (Å²) in [6.07, 6.45) is 4.35. The molecule has 4 atom stereocenters. The molecule has 2 aliphatic heterocycles. The van der Waals surface area contributed by atoms with Crippen molar-refractivity contribution in [3.05, 3.63) is 30.0 Å². The zero-order chi connectivity index (χ0) is 25.2. The van der Waals surface area contributed by atoms with E-state index in [-0.39, 0.29) is 17.9 Å². The van der Waals surface area contributed by atoms with Gasteiger partial charge in [-0.25, -0.2) is 0 Å². The zero-order valence-corrected chi connectivity index (χ0v) is 21.7. The number of carbonyl (C=O) groups excluding carboxylic acids is 1. The van der Waals surface area contributed by atoms with Crippen molar-refractivity contribution in [3.8, 4) is 5.75 Å². The van der Waals surface area contributed by atoms with Gasteiger partial charge < -0.3 is 30.2 Å². The summed E-state index contributed by atoms with van der Waals surface area (Å²) >= 11 is 0. The molecule has 0 unspecified atom stereocenters. The van der Waals surface area contributed by atoms with Crippen LogP contribution in [0.15, 0.2) is 24.3 Å². The fourth-order valence-electron chi connectivity index (χ4n) is 5.89. The van der Waals surface area contributed by atoms with Crippen molar-refractivity contribution in [2.24, 2.45) is 11.8 Å². The number of amides is 1. The molecule has 0 radical (unpaired) electrons. The number of aromatic nitrogens is 1. The summed E-state index contributed by atoms with van der Waals surface area (Å²) in [5, 5.41) is 24.4. The molecule has 198 valence electrons. The smallest absolute Gasteiger partial charge is 0.267 e. The Balaban J connectivity index is 1.10. The van der Waals surface area contributed by atoms with Gasteiger partial charge in [0.15, 0.2) is 0 Å². The molecule has 1 saturated carbocycles. The molecule has 1 amide bonds. The van der Waals surface area contributed by atoms with Gasteiger partial charge in [-0.2, -0.15) is 0 Å². The van der Waals surface area contributed by atoms with Crippen LogP contribution in [0.25, 0.3) is 10.9 Å². The van der Waals surface area contributed by atoms with Crippen molar-refractivity contribution in [2.45, 2.75) is 70.2 Å². The average molecular weight is 499 g/mol. The molecular weight excluding hydrogens is 456 g/mol. The zero-order valence-electron chi connectivity index (χ0n) is 21.7. The van der Waals surface area contributed by atoms with Crippen molar-refractivity contribution >= 4 is 16.8 Å². The quantitative estimate of drug-likeness (QED) is 0.446. The van der Waals surface area contributed by atoms with E-state index in [1.165, 1.54) is 19.3 Å². The maximum atomic E-state index is 13.0. The van der Waals surface area contributed by atoms with Gasteiger partial charge in [0.1, 0.15) is 11.4 Å². The second-order valence-electron chi connectivity index (χ2n) is 11.4. The minimum absolute atomic E-state index is 0.0576. The summed E-state index contributed by atoms with van der Waals surface area (Å²) in [6, 6.07) is 8.35. The second-order valence-corrected chi connectivity index (χ2v) is 11.4. The van der Waals surface area contributed by atoms with Crippen molar-refractivity contribution in [2.75, 3.05) is 39.3 Å². The maximum Gasteiger partial charge on any atom is 0.267 e. The summed E-state index contributed by atoms with van der Waals surface area (Å²) < 4.78 is 6.08. The van der Waals surface area contributed by atoms with Gasteiger partial charge in [0.25, 0.3) is 5.91 Å². The van der Waals surface area contributed by atoms with Crippen molar-refractivity contribution in [3.63, 3.8) is 0 Å². The van der Waals surface area contributed by atoms with Gasteiger partial charge in [0.2, 0.25) is 0 Å². The number of carbonyl (C=O) groups is 1. The molecule has 3 heterocycles. The molecule has 2 aromatic rings. The lowest BCUT2D eigenvalue weighted by Gasteiger charge is -2.43. The van der Waals surface area contributed by atoms with Crippen molar-refractivity contribution in [1.29, 1.82) is 0 Å². The average Bonchev–Trinajstić information content (AvgIpc) is 3.28. The van der Waals surface area contributed by atoms with Crippen LogP contribution in [0.1, 0.15) is 56.4 Å². The summed E-state index contributed by atoms with van der Waals surface area (Å²) in [5.74, 6) is 1.53. The largest absolute Gasteiger partial charge is 0.493 e. The number of H-pyrrole nitrogens is 1. The van der Waals surface area contributed by atoms with E-state index < -0.39 is 12.2 Å². The predicted molar refractivity (Wildman–Crippen MR) is 140 cm³/mol. The van der Waals surface area contributed by atoms with Gasteiger partial charge in [-0.05, 0) is 62.6 Å². The molecule has 36 heavy (non-hydrogen) atoms. The lowest BCUT2D eigenvalue weighted by Crippen LogP contribution is -2.56. The maximum absolute atomic E-state index is 13.0. The fourth-order valence-corrected chi connectivity index (χ4v) is 5.89. The van der Waals surface area contributed by atoms with Crippen LogP contribution < -0.4 is 10.1 Å². The number of hydrogen-bond acceptors (Lipinski definition) is 6. The Labute approximate surface area is 214 Å². The minimum Gasteiger partial charge on any atom is -0.493 e. The van der Waals surface area contributed by atoms with E-state index in [1.807, 2.05) is 31.2 Å². The van der Waals surface area contributed by atoms with Crippen LogP contribution in [0.4, 0.5) is 0 Å². The molecule has 5 rings (SSSR count). The number of ether oxygens (including phenoxy) is 1. The number of nitrogens with zero attached hydrogens (tertiary/aromatic N) is 2. The summed E-state index contributed by atoms with van der Waals surface area (Å²) in [4.78, 5) is 21.0. The molecule has 1 aromatic heterocycles. The number of nitrogens with one attached hydrogen (secondary N) is 2. The molecule has 4 N–H and O–H groups in total. The number of piperidine rings is 2. The van der Waals surface area contributed by atoms with E-state index in [0.29, 0.717) is 24.2 Å². The standard InChI is InChI=1S/C28H42N4O4/c1-18-14-32(16-25(33)27(18)34)19(2)15-31-11-9-21(10-12-31)29-28(35)24-13-22-23(30-24)7-4-8-26(22)36-17-20-5-3-6-20/h4,7-8,13,18-21,25,27,30,33-34H,3,5-6,9-12,14-17H2,1-2H3,(H,29,35)/t18-,19-,25-,27+/m0/s1. The van der Waals surface area contributed by atoms with Crippen LogP contribution in [0.2, 0.25) is 0 Å². The van der Waals surface area contributed by atoms with Gasteiger partial charge in [-0.1, -0.05) is 19.4 Å². The predicted octanol–water partition coefficient (Wildman–Crippen LogP) is 2.60. The van der Waals surface area contributed by atoms with E-state index in [0.717, 1.165) is 62.3 Å². The summed E-state index contributed by atoms with van der Waals surface area (Å²) in [5.41, 5.74) is 1.51. The first kappa shape index (κ1) is 25.5. The highest BCUT2D eigenvalue weighted by atomic mass is 16.5. The second kappa shape index (κ2) is 11.1. The molecule has 0 spiro atoms. The molecule has 8 heteroatoms. The van der Waals surface area contributed by atoms with Crippen LogP contribution in [0.3, 0.4) is 0 Å². The fraction of sp³-hybridized carbons (Fsp3) is 0.679. The number of aliphatic hydroxyl groups is 2. The third kappa shape index (κ3) is 5.72. The number of rotatable bonds is 8. The van der Waals surface area contributed by atoms with E-state index >= 15 is 0 Å². The molecule has 0 bridgehead atoms. The van der Waals surface area contributed by atoms with Crippen LogP contribution in [0.5, 0.6) is 5.75 Å². The molecule has 1 aromatic carbocycles. The van der Waals surface area contributed by atoms with Crippen LogP contribution >= 0.6 is 0 Å². The Morgan fingerprint density at radius 2 is 1.97 bits per heavy atom. The first-order valence-corrected chi connectivity index (χ1v) is 13.8. The number of fused-ring (bicyclic) bond motifs is 1. The highest BCUT2D eigenvalue weighted by Gasteiger charge is 2.34. The lowest BCUT2D eigenvalue weighted by atomic mass is 9.86. The van der Waals surface area contributed by atoms with Gasteiger partial charge in [0, 0.05) is 55.7 Å². The highest BCUT2D eigenvalue weighted by molar-refractivity contribution is 5.99. The van der Waals surface area contributed by atoms with Gasteiger partial charge in [0.05, 0.1) is 18.8 Å². The van der Waals surface area contributed by atoms with Crippen molar-refractivity contribution in [1.82, 2.24) is 20.1 Å². The molecule has 2 saturated heterocycles. The number of hydrogen-bond donors (Lipinski definition) is 4. The van der Waals surface area contributed by atoms with Gasteiger partial charge in [-0.15, -0.1) is 0 Å². The summed E-state index contributed by atoms with van der Waals surface area (Å²) in [6.45, 7) is 9.10. The Morgan fingerprint density at radius 1 is 1.19 bits per heavy atom. The monoisotopic (exact) mass is 498 g/mol. The summed E-state index contributed by atoms with van der Waals surface area (Å²) in [7, 11) is 0. The SMILES string of the molecule is C[C@H]1CN([C@@H](C)CN2CCC(NC(=O)c3cc4c(OCC5CCC5)cccc4[nH]3)CC2)C[C@H](O)[C@@H]1O. The number of benzene rings is 1. The third-order valence-corrected chi connectivity index (χ3v) is 8.56. The third-order valence-electron chi connectivity index (χ3n) is 8.56. The van der Waals surface area contributed by atoms with Crippen molar-refractivity contribution < 1.29 is 19.7 Å². The normalized spacial score (nSPS) is 27.6. The molecule has 1 aliphatic carbocycles. The number of likely N-dealkylation sites (tertiary alicyclic amines) is 2. The molecule has 3 fully saturated rings. The highest BCUT2D eigenvalue weighted by Crippen LogP contribution is 2.31. The van der Waals surface area contributed by atoms with Crippen LogP contribution in [-0.2, 0) is 0 Å². The Kier molecular flexibility index (Phi) is 7.86. The lowest BCUT2D eigenvalue weighted by molar-refractivity contribution is -0.0799. The van der Waals surface area contributed by atoms with E-state index in [9.17, 15) is 15.0 Å². The Bertz CT molecular complexity index is 1020. The number of β-amino-alcohol motifs (C(OH)–C–C–N with tert-alkyl or cyclic N) is 1. The Morgan fingerprint density at radius 3 is 2.67 bits per heavy atom. The van der Waals surface area contributed by atoms with Gasteiger partial charge in [-0.3, -0.25) is 9.69 Å². The number of aromatic amines is 1. The molecule has 8 nitrogen and oxygen atoms in total.